The van der Waals surface area contributed by atoms with E-state index < -0.39 is 14.4 Å². The van der Waals surface area contributed by atoms with Gasteiger partial charge in [0.15, 0.2) is 8.32 Å². The SMILES string of the molecule is CC[Si](CC)(CC)OC1C[C@@H](N(C)C)C(S)=C[C@@H](O)[C@@H]1C. The molecule has 0 bridgehead atoms. The van der Waals surface area contributed by atoms with E-state index in [1.54, 1.807) is 0 Å². The molecule has 0 spiro atoms. The first kappa shape index (κ1) is 19.2. The monoisotopic (exact) mass is 331 g/mol. The maximum absolute atomic E-state index is 10.4. The van der Waals surface area contributed by atoms with Gasteiger partial charge < -0.3 is 14.4 Å². The summed E-state index contributed by atoms with van der Waals surface area (Å²) in [4.78, 5) is 3.13. The number of rotatable bonds is 6. The van der Waals surface area contributed by atoms with E-state index in [0.29, 0.717) is 0 Å². The molecular weight excluding hydrogens is 298 g/mol. The molecule has 0 aromatic carbocycles. The van der Waals surface area contributed by atoms with Gasteiger partial charge in [-0.25, -0.2) is 0 Å². The van der Waals surface area contributed by atoms with Crippen LogP contribution in [0.5, 0.6) is 0 Å². The number of aliphatic hydroxyl groups is 1. The molecule has 21 heavy (non-hydrogen) atoms. The van der Waals surface area contributed by atoms with Gasteiger partial charge in [0.25, 0.3) is 0 Å². The van der Waals surface area contributed by atoms with Gasteiger partial charge in [-0.1, -0.05) is 27.7 Å². The fourth-order valence-electron chi connectivity index (χ4n) is 3.17. The van der Waals surface area contributed by atoms with Crippen LogP contribution in [0.4, 0.5) is 0 Å². The number of thiol groups is 1. The lowest BCUT2D eigenvalue weighted by atomic mass is 9.96. The highest BCUT2D eigenvalue weighted by Gasteiger charge is 2.38. The summed E-state index contributed by atoms with van der Waals surface area (Å²) >= 11 is 4.60. The highest BCUT2D eigenvalue weighted by Crippen LogP contribution is 2.34. The zero-order valence-electron chi connectivity index (χ0n) is 14.5. The van der Waals surface area contributed by atoms with E-state index in [1.165, 1.54) is 0 Å². The van der Waals surface area contributed by atoms with Crippen LogP contribution in [-0.4, -0.2) is 50.7 Å². The zero-order valence-corrected chi connectivity index (χ0v) is 16.4. The van der Waals surface area contributed by atoms with E-state index in [9.17, 15) is 5.11 Å². The van der Waals surface area contributed by atoms with Gasteiger partial charge in [-0.2, -0.15) is 0 Å². The van der Waals surface area contributed by atoms with Gasteiger partial charge in [-0.05, 0) is 49.6 Å². The Morgan fingerprint density at radius 3 is 2.24 bits per heavy atom. The smallest absolute Gasteiger partial charge is 0.192 e. The normalized spacial score (nSPS) is 31.2. The van der Waals surface area contributed by atoms with E-state index in [-0.39, 0.29) is 18.1 Å². The molecule has 0 aromatic heterocycles. The van der Waals surface area contributed by atoms with Crippen molar-refractivity contribution in [2.75, 3.05) is 14.1 Å². The molecular formula is C16H33NO2SSi. The third-order valence-corrected chi connectivity index (χ3v) is 10.3. The van der Waals surface area contributed by atoms with Crippen molar-refractivity contribution in [1.82, 2.24) is 4.90 Å². The second-order valence-corrected chi connectivity index (χ2v) is 11.8. The molecule has 0 saturated carbocycles. The van der Waals surface area contributed by atoms with Crippen LogP contribution in [-0.2, 0) is 4.43 Å². The van der Waals surface area contributed by atoms with Crippen molar-refractivity contribution in [2.24, 2.45) is 5.92 Å². The van der Waals surface area contributed by atoms with Crippen LogP contribution in [0.3, 0.4) is 0 Å². The Labute approximate surface area is 137 Å². The van der Waals surface area contributed by atoms with Gasteiger partial charge in [0.2, 0.25) is 0 Å². The Morgan fingerprint density at radius 2 is 1.81 bits per heavy atom. The predicted molar refractivity (Wildman–Crippen MR) is 96.4 cm³/mol. The summed E-state index contributed by atoms with van der Waals surface area (Å²) in [5.41, 5.74) is 0. The molecule has 0 fully saturated rings. The largest absolute Gasteiger partial charge is 0.413 e. The lowest BCUT2D eigenvalue weighted by Crippen LogP contribution is -2.45. The highest BCUT2D eigenvalue weighted by molar-refractivity contribution is 7.84. The lowest BCUT2D eigenvalue weighted by molar-refractivity contribution is 0.0448. The van der Waals surface area contributed by atoms with Crippen molar-refractivity contribution in [3.05, 3.63) is 11.0 Å². The van der Waals surface area contributed by atoms with Gasteiger partial charge in [0.1, 0.15) is 0 Å². The molecule has 1 aliphatic rings. The van der Waals surface area contributed by atoms with Crippen LogP contribution in [0.2, 0.25) is 18.1 Å². The topological polar surface area (TPSA) is 32.7 Å². The maximum Gasteiger partial charge on any atom is 0.192 e. The average Bonchev–Trinajstić information content (AvgIpc) is 2.56. The minimum atomic E-state index is -1.66. The van der Waals surface area contributed by atoms with Crippen molar-refractivity contribution in [3.8, 4) is 0 Å². The number of likely N-dealkylation sites (N-methyl/N-ethyl adjacent to an activating group) is 1. The van der Waals surface area contributed by atoms with E-state index >= 15 is 0 Å². The second-order valence-electron chi connectivity index (χ2n) is 6.56. The minimum absolute atomic E-state index is 0.111. The minimum Gasteiger partial charge on any atom is -0.413 e. The standard InChI is InChI=1S/C16H33NO2SSi/c1-7-21(8-2,9-3)19-15-10-13(17(5)6)16(20)11-14(18)12(15)4/h11-15,18,20H,7-10H2,1-6H3/t12-,13+,14+,15?/m0/s1. The molecule has 3 nitrogen and oxygen atoms in total. The Hall–Kier alpha value is 0.187. The fraction of sp³-hybridized carbons (Fsp3) is 0.875. The molecule has 0 aromatic rings. The van der Waals surface area contributed by atoms with Crippen molar-refractivity contribution in [2.45, 2.75) is 70.5 Å². The van der Waals surface area contributed by atoms with Gasteiger partial charge in [0, 0.05) is 12.0 Å². The average molecular weight is 332 g/mol. The van der Waals surface area contributed by atoms with Crippen LogP contribution in [0.1, 0.15) is 34.1 Å². The molecule has 1 aliphatic carbocycles. The number of nitrogens with zero attached hydrogens (tertiary/aromatic N) is 1. The Morgan fingerprint density at radius 1 is 1.29 bits per heavy atom. The Bertz CT molecular complexity index is 350. The molecule has 0 heterocycles. The molecule has 1 N–H and O–H groups in total. The van der Waals surface area contributed by atoms with E-state index in [4.69, 9.17) is 4.43 Å². The number of aliphatic hydroxyl groups excluding tert-OH is 1. The van der Waals surface area contributed by atoms with Crippen molar-refractivity contribution in [1.29, 1.82) is 0 Å². The summed E-state index contributed by atoms with van der Waals surface area (Å²) in [5, 5.41) is 10.4. The van der Waals surface area contributed by atoms with E-state index in [1.807, 2.05) is 6.08 Å². The summed E-state index contributed by atoms with van der Waals surface area (Å²) in [7, 11) is 2.47. The first-order chi connectivity index (χ1) is 9.80. The summed E-state index contributed by atoms with van der Waals surface area (Å²) in [6.07, 6.45) is 2.45. The molecule has 5 heteroatoms. The molecule has 0 aliphatic heterocycles. The summed E-state index contributed by atoms with van der Waals surface area (Å²) < 4.78 is 6.70. The third-order valence-electron chi connectivity index (χ3n) is 5.22. The first-order valence-corrected chi connectivity index (χ1v) is 11.2. The molecule has 0 amide bonds. The fourth-order valence-corrected chi connectivity index (χ4v) is 6.61. The van der Waals surface area contributed by atoms with Crippen molar-refractivity contribution in [3.63, 3.8) is 0 Å². The second kappa shape index (κ2) is 8.16. The Kier molecular flexibility index (Phi) is 7.47. The van der Waals surface area contributed by atoms with E-state index in [0.717, 1.165) is 29.5 Å². The van der Waals surface area contributed by atoms with Gasteiger partial charge >= 0.3 is 0 Å². The first-order valence-electron chi connectivity index (χ1n) is 8.23. The Balaban J connectivity index is 2.99. The van der Waals surface area contributed by atoms with Crippen molar-refractivity contribution >= 4 is 20.9 Å². The quantitative estimate of drug-likeness (QED) is 0.577. The molecule has 124 valence electrons. The molecule has 1 rings (SSSR count). The van der Waals surface area contributed by atoms with Crippen LogP contribution in [0.15, 0.2) is 11.0 Å². The molecule has 1 unspecified atom stereocenters. The maximum atomic E-state index is 10.4. The third kappa shape index (κ3) is 4.58. The molecule has 0 radical (unpaired) electrons. The number of hydrogen-bond acceptors (Lipinski definition) is 4. The van der Waals surface area contributed by atoms with Crippen LogP contribution in [0, 0.1) is 5.92 Å². The molecule has 4 atom stereocenters. The van der Waals surface area contributed by atoms with E-state index in [2.05, 4.69) is 59.3 Å². The van der Waals surface area contributed by atoms with Crippen LogP contribution < -0.4 is 0 Å². The zero-order chi connectivity index (χ0) is 16.2. The highest BCUT2D eigenvalue weighted by atomic mass is 32.1. The predicted octanol–water partition coefficient (Wildman–Crippen LogP) is 3.52. The van der Waals surface area contributed by atoms with Gasteiger partial charge in [-0.3, -0.25) is 0 Å². The summed E-state index contributed by atoms with van der Waals surface area (Å²) in [6, 6.07) is 3.67. The van der Waals surface area contributed by atoms with Gasteiger partial charge in [0.05, 0.1) is 12.2 Å². The summed E-state index contributed by atoms with van der Waals surface area (Å²) in [6.45, 7) is 8.86. The van der Waals surface area contributed by atoms with Crippen LogP contribution in [0.25, 0.3) is 0 Å². The van der Waals surface area contributed by atoms with Crippen LogP contribution >= 0.6 is 12.6 Å². The van der Waals surface area contributed by atoms with Gasteiger partial charge in [-0.15, -0.1) is 12.6 Å². The van der Waals surface area contributed by atoms with Crippen molar-refractivity contribution < 1.29 is 9.53 Å². The lowest BCUT2D eigenvalue weighted by Gasteiger charge is -2.38. The summed E-state index contributed by atoms with van der Waals surface area (Å²) in [5.74, 6) is 0.119. The number of hydrogen-bond donors (Lipinski definition) is 2. The molecule has 0 saturated heterocycles.